The van der Waals surface area contributed by atoms with E-state index in [1.54, 1.807) is 12.1 Å². The van der Waals surface area contributed by atoms with Gasteiger partial charge in [0, 0.05) is 11.6 Å². The second kappa shape index (κ2) is 8.94. The van der Waals surface area contributed by atoms with Crippen LogP contribution in [0.5, 0.6) is 5.75 Å². The lowest BCUT2D eigenvalue weighted by molar-refractivity contribution is -0.143. The minimum absolute atomic E-state index is 0.00742. The molecule has 2 aromatic carbocycles. The number of hydrogen-bond acceptors (Lipinski definition) is 3. The van der Waals surface area contributed by atoms with Crippen LogP contribution < -0.4 is 0 Å². The van der Waals surface area contributed by atoms with Crippen LogP contribution in [0.2, 0.25) is 0 Å². The topological polar surface area (TPSA) is 73.7 Å². The molecule has 1 aromatic heterocycles. The van der Waals surface area contributed by atoms with E-state index in [0.717, 1.165) is 4.90 Å². The number of pyridine rings is 1. The summed E-state index contributed by atoms with van der Waals surface area (Å²) >= 11 is 0. The molecule has 0 aliphatic heterocycles. The monoisotopic (exact) mass is 500 g/mol. The molecule has 1 atom stereocenters. The predicted molar refractivity (Wildman–Crippen MR) is 116 cm³/mol. The first-order valence-corrected chi connectivity index (χ1v) is 10.3. The Morgan fingerprint density at radius 3 is 2.03 bits per heavy atom. The lowest BCUT2D eigenvalue weighted by Crippen LogP contribution is -2.40. The molecule has 0 saturated heterocycles. The lowest BCUT2D eigenvalue weighted by atomic mass is 9.80. The van der Waals surface area contributed by atoms with Crippen molar-refractivity contribution in [2.24, 2.45) is 5.41 Å². The third-order valence-corrected chi connectivity index (χ3v) is 5.48. The molecule has 1 unspecified atom stereocenters. The van der Waals surface area contributed by atoms with Gasteiger partial charge >= 0.3 is 18.4 Å². The lowest BCUT2D eigenvalue weighted by Gasteiger charge is -2.39. The van der Waals surface area contributed by atoms with Crippen molar-refractivity contribution >= 4 is 17.0 Å². The number of carbonyl (C=O) groups is 1. The summed E-state index contributed by atoms with van der Waals surface area (Å²) in [4.78, 5) is 17.2. The van der Waals surface area contributed by atoms with E-state index in [1.807, 2.05) is 0 Å². The Kier molecular flexibility index (Phi) is 6.67. The molecule has 11 heteroatoms. The Labute approximate surface area is 196 Å². The predicted octanol–water partition coefficient (Wildman–Crippen LogP) is 7.25. The third kappa shape index (κ3) is 5.60. The normalized spacial score (nSPS) is 13.6. The molecule has 0 fully saturated rings. The number of aromatic nitrogens is 1. The van der Waals surface area contributed by atoms with Crippen LogP contribution in [0.3, 0.4) is 0 Å². The van der Waals surface area contributed by atoms with Crippen LogP contribution in [-0.2, 0) is 18.9 Å². The van der Waals surface area contributed by atoms with Gasteiger partial charge in [-0.05, 0) is 46.9 Å². The van der Waals surface area contributed by atoms with Crippen molar-refractivity contribution in [1.29, 1.82) is 0 Å². The smallest absolute Gasteiger partial charge is 0.416 e. The van der Waals surface area contributed by atoms with E-state index in [2.05, 4.69) is 4.98 Å². The molecular weight excluding hydrogens is 478 g/mol. The number of halogens is 6. The third-order valence-electron chi connectivity index (χ3n) is 5.48. The standard InChI is InChI=1S/C24H22F6N2O3/c1-22(2,3)20(14-9-15(23(25,26)27)11-16(10-14)24(28,29)30)32(21(34)35)12-13-6-7-18(33)19-17(13)5-4-8-31-19/h4-11,20,33H,12H2,1-3H3,(H,34,35). The Hall–Kier alpha value is -3.50. The maximum absolute atomic E-state index is 13.5. The molecule has 0 aliphatic rings. The van der Waals surface area contributed by atoms with Crippen molar-refractivity contribution in [3.8, 4) is 5.75 Å². The molecule has 1 heterocycles. The molecule has 35 heavy (non-hydrogen) atoms. The number of hydrogen-bond donors (Lipinski definition) is 2. The van der Waals surface area contributed by atoms with E-state index in [9.17, 15) is 41.4 Å². The van der Waals surface area contributed by atoms with Gasteiger partial charge in [0.05, 0.1) is 23.7 Å². The van der Waals surface area contributed by atoms with Crippen LogP contribution in [0.15, 0.2) is 48.7 Å². The van der Waals surface area contributed by atoms with Gasteiger partial charge in [0.15, 0.2) is 0 Å². The van der Waals surface area contributed by atoms with Gasteiger partial charge in [0.1, 0.15) is 11.3 Å². The fraction of sp³-hybridized carbons (Fsp3) is 0.333. The van der Waals surface area contributed by atoms with E-state index >= 15 is 0 Å². The summed E-state index contributed by atoms with van der Waals surface area (Å²) in [6.07, 6.45) is -10.3. The summed E-state index contributed by atoms with van der Waals surface area (Å²) in [7, 11) is 0. The number of rotatable bonds is 4. The van der Waals surface area contributed by atoms with Gasteiger partial charge in [-0.1, -0.05) is 32.9 Å². The fourth-order valence-corrected chi connectivity index (χ4v) is 4.09. The Balaban J connectivity index is 2.22. The zero-order chi connectivity index (χ0) is 26.3. The van der Waals surface area contributed by atoms with E-state index in [4.69, 9.17) is 0 Å². The van der Waals surface area contributed by atoms with Crippen LogP contribution >= 0.6 is 0 Å². The number of phenolic OH excluding ortho intramolecular Hbond substituents is 1. The number of aromatic hydroxyl groups is 1. The summed E-state index contributed by atoms with van der Waals surface area (Å²) in [5.74, 6) is -0.161. The van der Waals surface area contributed by atoms with Gasteiger partial charge < -0.3 is 10.2 Å². The SMILES string of the molecule is CC(C)(C)C(c1cc(C(F)(F)F)cc(C(F)(F)F)c1)N(Cc1ccc(O)c2ncccc12)C(=O)O. The maximum atomic E-state index is 13.5. The molecule has 0 radical (unpaired) electrons. The van der Waals surface area contributed by atoms with Gasteiger partial charge in [-0.2, -0.15) is 26.3 Å². The largest absolute Gasteiger partial charge is 0.506 e. The molecular formula is C24H22F6N2O3. The highest BCUT2D eigenvalue weighted by molar-refractivity contribution is 5.87. The van der Waals surface area contributed by atoms with Gasteiger partial charge in [0.2, 0.25) is 0 Å². The van der Waals surface area contributed by atoms with Crippen molar-refractivity contribution in [3.63, 3.8) is 0 Å². The molecule has 3 aromatic rings. The second-order valence-corrected chi connectivity index (χ2v) is 9.16. The average molecular weight is 500 g/mol. The summed E-state index contributed by atoms with van der Waals surface area (Å²) in [5, 5.41) is 20.5. The van der Waals surface area contributed by atoms with Crippen LogP contribution in [0.4, 0.5) is 31.1 Å². The summed E-state index contributed by atoms with van der Waals surface area (Å²) in [6.45, 7) is 4.20. The highest BCUT2D eigenvalue weighted by Gasteiger charge is 2.41. The molecule has 1 amide bonds. The molecule has 2 N–H and O–H groups in total. The second-order valence-electron chi connectivity index (χ2n) is 9.16. The van der Waals surface area contributed by atoms with E-state index in [-0.39, 0.29) is 23.9 Å². The Morgan fingerprint density at radius 1 is 0.971 bits per heavy atom. The van der Waals surface area contributed by atoms with Crippen LogP contribution in [0.1, 0.15) is 49.1 Å². The van der Waals surface area contributed by atoms with E-state index in [1.165, 1.54) is 39.1 Å². The van der Waals surface area contributed by atoms with Crippen LogP contribution in [0, 0.1) is 5.41 Å². The molecule has 0 saturated carbocycles. The van der Waals surface area contributed by atoms with Gasteiger partial charge in [-0.25, -0.2) is 4.79 Å². The maximum Gasteiger partial charge on any atom is 0.416 e. The minimum atomic E-state index is -5.08. The minimum Gasteiger partial charge on any atom is -0.506 e. The molecule has 0 spiro atoms. The number of fused-ring (bicyclic) bond motifs is 1. The first kappa shape index (κ1) is 26.1. The van der Waals surface area contributed by atoms with Crippen molar-refractivity contribution in [2.75, 3.05) is 0 Å². The van der Waals surface area contributed by atoms with Gasteiger partial charge in [-0.15, -0.1) is 0 Å². The molecule has 5 nitrogen and oxygen atoms in total. The van der Waals surface area contributed by atoms with Crippen molar-refractivity contribution in [1.82, 2.24) is 9.88 Å². The number of alkyl halides is 6. The number of benzene rings is 2. The van der Waals surface area contributed by atoms with E-state index in [0.29, 0.717) is 23.1 Å². The first-order chi connectivity index (χ1) is 16.0. The molecule has 0 bridgehead atoms. The Morgan fingerprint density at radius 2 is 1.54 bits per heavy atom. The molecule has 188 valence electrons. The quantitative estimate of drug-likeness (QED) is 0.370. The number of phenols is 1. The average Bonchev–Trinajstić information content (AvgIpc) is 2.72. The van der Waals surface area contributed by atoms with Crippen molar-refractivity contribution in [3.05, 3.63) is 70.9 Å². The summed E-state index contributed by atoms with van der Waals surface area (Å²) < 4.78 is 80.9. The van der Waals surface area contributed by atoms with Crippen LogP contribution in [0.25, 0.3) is 10.9 Å². The zero-order valence-corrected chi connectivity index (χ0v) is 18.9. The highest BCUT2D eigenvalue weighted by atomic mass is 19.4. The molecule has 0 aliphatic carbocycles. The highest BCUT2D eigenvalue weighted by Crippen LogP contribution is 2.44. The molecule has 3 rings (SSSR count). The number of nitrogens with zero attached hydrogens (tertiary/aromatic N) is 2. The van der Waals surface area contributed by atoms with Crippen molar-refractivity contribution in [2.45, 2.75) is 45.7 Å². The van der Waals surface area contributed by atoms with Crippen LogP contribution in [-0.4, -0.2) is 26.2 Å². The Bertz CT molecular complexity index is 1220. The number of carboxylic acid groups (broad SMARTS) is 1. The van der Waals surface area contributed by atoms with Crippen molar-refractivity contribution < 1.29 is 41.4 Å². The van der Waals surface area contributed by atoms with E-state index < -0.39 is 46.6 Å². The fourth-order valence-electron chi connectivity index (χ4n) is 4.09. The summed E-state index contributed by atoms with van der Waals surface area (Å²) in [5.41, 5.74) is -4.05. The zero-order valence-electron chi connectivity index (χ0n) is 18.9. The summed E-state index contributed by atoms with van der Waals surface area (Å²) in [6, 6.07) is 5.59. The first-order valence-electron chi connectivity index (χ1n) is 10.3. The van der Waals surface area contributed by atoms with Gasteiger partial charge in [0.25, 0.3) is 0 Å². The van der Waals surface area contributed by atoms with Gasteiger partial charge in [-0.3, -0.25) is 9.88 Å². The number of amides is 1.